The highest BCUT2D eigenvalue weighted by atomic mass is 16.5. The summed E-state index contributed by atoms with van der Waals surface area (Å²) in [6, 6.07) is 5.87. The fourth-order valence-corrected chi connectivity index (χ4v) is 2.10. The molecule has 0 radical (unpaired) electrons. The van der Waals surface area contributed by atoms with E-state index in [9.17, 15) is 4.79 Å². The van der Waals surface area contributed by atoms with Crippen LogP contribution in [0.4, 0.5) is 0 Å². The maximum atomic E-state index is 12.1. The summed E-state index contributed by atoms with van der Waals surface area (Å²) >= 11 is 0. The molecule has 3 rings (SSSR count). The lowest BCUT2D eigenvalue weighted by Gasteiger charge is -2.26. The molecule has 3 nitrogen and oxygen atoms in total. The first-order valence-electron chi connectivity index (χ1n) is 5.36. The molecule has 0 spiro atoms. The van der Waals surface area contributed by atoms with E-state index in [0.29, 0.717) is 6.61 Å². The maximum Gasteiger partial charge on any atom is 0.172 e. The minimum atomic E-state index is 0.153. The van der Waals surface area contributed by atoms with Gasteiger partial charge in [-0.3, -0.25) is 4.79 Å². The topological polar surface area (TPSA) is 38.3 Å². The largest absolute Gasteiger partial charge is 0.492 e. The van der Waals surface area contributed by atoms with Crippen LogP contribution in [0, 0.1) is 5.92 Å². The number of rotatable bonds is 2. The Morgan fingerprint density at radius 3 is 3.00 bits per heavy atom. The standard InChI is InChI=1S/C12H13NO2/c14-11(9-6-13-7-9)10-3-1-2-8-4-5-15-12(8)10/h1-3,9,13H,4-7H2. The van der Waals surface area contributed by atoms with E-state index < -0.39 is 0 Å². The van der Waals surface area contributed by atoms with Crippen LogP contribution in [0.5, 0.6) is 5.75 Å². The zero-order valence-electron chi connectivity index (χ0n) is 8.45. The van der Waals surface area contributed by atoms with Crippen LogP contribution in [0.2, 0.25) is 0 Å². The van der Waals surface area contributed by atoms with E-state index in [1.807, 2.05) is 18.2 Å². The van der Waals surface area contributed by atoms with Gasteiger partial charge in [-0.15, -0.1) is 0 Å². The molecule has 0 bridgehead atoms. The molecule has 2 heterocycles. The third kappa shape index (κ3) is 1.35. The maximum absolute atomic E-state index is 12.1. The van der Waals surface area contributed by atoms with Crippen molar-refractivity contribution >= 4 is 5.78 Å². The summed E-state index contributed by atoms with van der Waals surface area (Å²) in [6.07, 6.45) is 0.930. The van der Waals surface area contributed by atoms with Crippen molar-refractivity contribution in [3.8, 4) is 5.75 Å². The minimum absolute atomic E-state index is 0.153. The van der Waals surface area contributed by atoms with Crippen LogP contribution in [0.15, 0.2) is 18.2 Å². The van der Waals surface area contributed by atoms with Crippen LogP contribution in [0.25, 0.3) is 0 Å². The molecule has 15 heavy (non-hydrogen) atoms. The Morgan fingerprint density at radius 1 is 1.40 bits per heavy atom. The number of carbonyl (C=O) groups is 1. The van der Waals surface area contributed by atoms with E-state index in [2.05, 4.69) is 5.32 Å². The van der Waals surface area contributed by atoms with Gasteiger partial charge >= 0.3 is 0 Å². The molecule has 0 saturated carbocycles. The number of hydrogen-bond acceptors (Lipinski definition) is 3. The molecule has 2 aliphatic heterocycles. The number of Topliss-reactive ketones (excluding diaryl/α,β-unsaturated/α-hetero) is 1. The first kappa shape index (κ1) is 8.92. The number of ether oxygens (including phenoxy) is 1. The Balaban J connectivity index is 1.97. The van der Waals surface area contributed by atoms with Crippen molar-refractivity contribution < 1.29 is 9.53 Å². The van der Waals surface area contributed by atoms with Crippen molar-refractivity contribution in [1.29, 1.82) is 0 Å². The van der Waals surface area contributed by atoms with E-state index >= 15 is 0 Å². The van der Waals surface area contributed by atoms with Crippen molar-refractivity contribution in [1.82, 2.24) is 5.32 Å². The summed E-state index contributed by atoms with van der Waals surface area (Å²) in [5.41, 5.74) is 1.95. The molecule has 0 aliphatic carbocycles. The second-order valence-corrected chi connectivity index (χ2v) is 4.11. The molecule has 1 aromatic rings. The molecule has 1 aromatic carbocycles. The number of fused-ring (bicyclic) bond motifs is 1. The van der Waals surface area contributed by atoms with Gasteiger partial charge in [-0.1, -0.05) is 12.1 Å². The quantitative estimate of drug-likeness (QED) is 0.729. The number of nitrogens with one attached hydrogen (secondary N) is 1. The van der Waals surface area contributed by atoms with E-state index in [1.54, 1.807) is 0 Å². The van der Waals surface area contributed by atoms with Crippen molar-refractivity contribution in [2.45, 2.75) is 6.42 Å². The van der Waals surface area contributed by atoms with Gasteiger partial charge in [0.1, 0.15) is 5.75 Å². The molecule has 1 N–H and O–H groups in total. The van der Waals surface area contributed by atoms with E-state index in [4.69, 9.17) is 4.74 Å². The summed E-state index contributed by atoms with van der Waals surface area (Å²) in [6.45, 7) is 2.33. The van der Waals surface area contributed by atoms with Gasteiger partial charge in [0, 0.05) is 25.4 Å². The highest BCUT2D eigenvalue weighted by molar-refractivity contribution is 6.01. The van der Waals surface area contributed by atoms with Crippen molar-refractivity contribution in [2.24, 2.45) is 5.92 Å². The highest BCUT2D eigenvalue weighted by Gasteiger charge is 2.29. The summed E-state index contributed by atoms with van der Waals surface area (Å²) in [7, 11) is 0. The van der Waals surface area contributed by atoms with E-state index in [0.717, 1.165) is 30.8 Å². The van der Waals surface area contributed by atoms with Crippen LogP contribution in [0.1, 0.15) is 15.9 Å². The molecule has 1 fully saturated rings. The molecule has 0 atom stereocenters. The SMILES string of the molecule is O=C(c1cccc2c1OCC2)C1CNC1. The molecule has 2 aliphatic rings. The lowest BCUT2D eigenvalue weighted by atomic mass is 9.91. The van der Waals surface area contributed by atoms with Gasteiger partial charge in [0.15, 0.2) is 5.78 Å². The van der Waals surface area contributed by atoms with Crippen molar-refractivity contribution in [2.75, 3.05) is 19.7 Å². The molecule has 3 heteroatoms. The Kier molecular flexibility index (Phi) is 1.99. The molecule has 1 saturated heterocycles. The Morgan fingerprint density at radius 2 is 2.27 bits per heavy atom. The molecule has 0 amide bonds. The van der Waals surface area contributed by atoms with Gasteiger partial charge in [0.05, 0.1) is 12.2 Å². The number of carbonyl (C=O) groups excluding carboxylic acids is 1. The summed E-state index contributed by atoms with van der Waals surface area (Å²) in [4.78, 5) is 12.1. The smallest absolute Gasteiger partial charge is 0.172 e. The number of hydrogen-bond donors (Lipinski definition) is 1. The van der Waals surface area contributed by atoms with Gasteiger partial charge < -0.3 is 10.1 Å². The zero-order chi connectivity index (χ0) is 10.3. The normalized spacial score (nSPS) is 19.2. The predicted molar refractivity (Wildman–Crippen MR) is 56.3 cm³/mol. The Bertz CT molecular complexity index is 410. The van der Waals surface area contributed by atoms with Crippen LogP contribution < -0.4 is 10.1 Å². The lowest BCUT2D eigenvalue weighted by Crippen LogP contribution is -2.46. The predicted octanol–water partition coefficient (Wildman–Crippen LogP) is 1.02. The first-order valence-corrected chi connectivity index (χ1v) is 5.36. The first-order chi connectivity index (χ1) is 7.36. The van der Waals surface area contributed by atoms with E-state index in [1.165, 1.54) is 5.56 Å². The second kappa shape index (κ2) is 3.35. The zero-order valence-corrected chi connectivity index (χ0v) is 8.45. The van der Waals surface area contributed by atoms with Crippen LogP contribution in [0.3, 0.4) is 0 Å². The number of ketones is 1. The fraction of sp³-hybridized carbons (Fsp3) is 0.417. The van der Waals surface area contributed by atoms with Crippen LogP contribution in [-0.2, 0) is 6.42 Å². The summed E-state index contributed by atoms with van der Waals surface area (Å²) < 4.78 is 5.53. The van der Waals surface area contributed by atoms with Gasteiger partial charge in [-0.2, -0.15) is 0 Å². The number of para-hydroxylation sites is 1. The summed E-state index contributed by atoms with van der Waals surface area (Å²) in [5, 5.41) is 3.12. The van der Waals surface area contributed by atoms with Gasteiger partial charge in [0.25, 0.3) is 0 Å². The molecule has 0 unspecified atom stereocenters. The molecule has 0 aromatic heterocycles. The van der Waals surface area contributed by atoms with Crippen LogP contribution in [-0.4, -0.2) is 25.5 Å². The third-order valence-electron chi connectivity index (χ3n) is 3.13. The third-order valence-corrected chi connectivity index (χ3v) is 3.13. The number of benzene rings is 1. The molecular formula is C12H13NO2. The monoisotopic (exact) mass is 203 g/mol. The van der Waals surface area contributed by atoms with Gasteiger partial charge in [0.2, 0.25) is 0 Å². The second-order valence-electron chi connectivity index (χ2n) is 4.11. The molecule has 78 valence electrons. The Labute approximate surface area is 88.4 Å². The Hall–Kier alpha value is -1.35. The highest BCUT2D eigenvalue weighted by Crippen LogP contribution is 2.31. The summed E-state index contributed by atoms with van der Waals surface area (Å²) in [5.74, 6) is 1.21. The lowest BCUT2D eigenvalue weighted by molar-refractivity contribution is 0.0875. The van der Waals surface area contributed by atoms with Gasteiger partial charge in [-0.25, -0.2) is 0 Å². The fourth-order valence-electron chi connectivity index (χ4n) is 2.10. The van der Waals surface area contributed by atoms with E-state index in [-0.39, 0.29) is 11.7 Å². The average Bonchev–Trinajstić information content (AvgIpc) is 2.61. The van der Waals surface area contributed by atoms with Gasteiger partial charge in [-0.05, 0) is 11.6 Å². The van der Waals surface area contributed by atoms with Crippen molar-refractivity contribution in [3.63, 3.8) is 0 Å². The van der Waals surface area contributed by atoms with Crippen LogP contribution >= 0.6 is 0 Å². The van der Waals surface area contributed by atoms with Crippen molar-refractivity contribution in [3.05, 3.63) is 29.3 Å². The minimum Gasteiger partial charge on any atom is -0.492 e. The molecular weight excluding hydrogens is 190 g/mol. The average molecular weight is 203 g/mol.